The van der Waals surface area contributed by atoms with Crippen molar-refractivity contribution >= 4 is 11.9 Å². The zero-order valence-corrected chi connectivity index (χ0v) is 43.1. The van der Waals surface area contributed by atoms with Crippen LogP contribution in [0, 0.1) is 0 Å². The molecule has 0 saturated heterocycles. The van der Waals surface area contributed by atoms with E-state index in [-0.39, 0.29) is 31.7 Å². The van der Waals surface area contributed by atoms with Gasteiger partial charge >= 0.3 is 17.9 Å². The summed E-state index contributed by atoms with van der Waals surface area (Å²) in [6.45, 7) is 1.94. The molecule has 6 rings (SSSR count). The van der Waals surface area contributed by atoms with Crippen molar-refractivity contribution < 1.29 is 84.2 Å². The first-order valence-electron chi connectivity index (χ1n) is 23.5. The summed E-state index contributed by atoms with van der Waals surface area (Å²) in [5, 5.41) is 0. The number of alkyl halides is 2. The fourth-order valence-electron chi connectivity index (χ4n) is 10.3. The van der Waals surface area contributed by atoms with Crippen LogP contribution in [0.1, 0.15) is 64.7 Å². The van der Waals surface area contributed by atoms with Gasteiger partial charge in [-0.2, -0.15) is 8.78 Å². The number of ether oxygens (including phenoxy) is 12. The molecule has 2 heterocycles. The Morgan fingerprint density at radius 2 is 0.958 bits per heavy atom. The van der Waals surface area contributed by atoms with Crippen LogP contribution in [-0.4, -0.2) is 151 Å². The monoisotopic (exact) mass is 996 g/mol. The number of fused-ring (bicyclic) bond motifs is 2. The number of methoxy groups -OCH3 is 10. The van der Waals surface area contributed by atoms with Crippen LogP contribution in [0.5, 0.6) is 57.5 Å². The van der Waals surface area contributed by atoms with Gasteiger partial charge in [-0.25, -0.2) is 4.79 Å². The molecular formula is C53H70F2N2O14+2. The summed E-state index contributed by atoms with van der Waals surface area (Å²) < 4.78 is 98.8. The normalized spacial score (nSPS) is 19.3. The van der Waals surface area contributed by atoms with Crippen LogP contribution in [0.3, 0.4) is 0 Å². The molecule has 2 aliphatic rings. The highest BCUT2D eigenvalue weighted by molar-refractivity contribution is 5.84. The fourth-order valence-corrected chi connectivity index (χ4v) is 10.3. The lowest BCUT2D eigenvalue weighted by molar-refractivity contribution is -0.941. The number of carbonyl (C=O) groups is 2. The van der Waals surface area contributed by atoms with Crippen molar-refractivity contribution in [3.05, 3.63) is 81.9 Å². The van der Waals surface area contributed by atoms with Crippen LogP contribution in [0.4, 0.5) is 8.78 Å². The minimum Gasteiger partial charge on any atom is -0.493 e. The molecule has 388 valence electrons. The molecule has 0 radical (unpaired) electrons. The number of carbonyl (C=O) groups excluding carboxylic acids is 2. The first-order valence-corrected chi connectivity index (χ1v) is 23.5. The third-order valence-electron chi connectivity index (χ3n) is 14.0. The number of rotatable bonds is 24. The van der Waals surface area contributed by atoms with Gasteiger partial charge in [-0.3, -0.25) is 4.79 Å². The van der Waals surface area contributed by atoms with Crippen LogP contribution < -0.4 is 47.4 Å². The van der Waals surface area contributed by atoms with E-state index in [1.165, 1.54) is 0 Å². The Hall–Kier alpha value is -6.40. The minimum atomic E-state index is -4.10. The van der Waals surface area contributed by atoms with Crippen molar-refractivity contribution in [1.82, 2.24) is 0 Å². The number of hydrogen-bond acceptors (Lipinski definition) is 14. The van der Waals surface area contributed by atoms with Crippen LogP contribution in [0.25, 0.3) is 0 Å². The van der Waals surface area contributed by atoms with Gasteiger partial charge in [0.15, 0.2) is 46.0 Å². The highest BCUT2D eigenvalue weighted by atomic mass is 19.3. The molecular weight excluding hydrogens is 927 g/mol. The Labute approximate surface area is 415 Å². The maximum absolute atomic E-state index is 15.4. The number of halogens is 2. The molecule has 0 unspecified atom stereocenters. The van der Waals surface area contributed by atoms with E-state index in [1.54, 1.807) is 71.1 Å². The second-order valence-corrected chi connectivity index (χ2v) is 18.2. The Morgan fingerprint density at radius 3 is 1.45 bits per heavy atom. The summed E-state index contributed by atoms with van der Waals surface area (Å²) in [6.07, 6.45) is 1.12. The van der Waals surface area contributed by atoms with Crippen molar-refractivity contribution in [2.75, 3.05) is 125 Å². The van der Waals surface area contributed by atoms with Crippen molar-refractivity contribution in [2.45, 2.75) is 56.5 Å². The third kappa shape index (κ3) is 11.5. The molecule has 0 N–H and O–H groups in total. The van der Waals surface area contributed by atoms with Gasteiger partial charge in [0.25, 0.3) is 0 Å². The lowest BCUT2D eigenvalue weighted by Gasteiger charge is -2.46. The van der Waals surface area contributed by atoms with Gasteiger partial charge in [0.05, 0.1) is 125 Å². The Balaban J connectivity index is 1.09. The van der Waals surface area contributed by atoms with Crippen LogP contribution in [0.2, 0.25) is 0 Å². The molecule has 0 aliphatic carbocycles. The lowest BCUT2D eigenvalue weighted by Crippen LogP contribution is -2.52. The molecule has 0 amide bonds. The van der Waals surface area contributed by atoms with Crippen LogP contribution >= 0.6 is 0 Å². The minimum absolute atomic E-state index is 0.142. The van der Waals surface area contributed by atoms with Crippen molar-refractivity contribution in [3.8, 4) is 57.5 Å². The van der Waals surface area contributed by atoms with E-state index in [1.807, 2.05) is 48.5 Å². The molecule has 4 aromatic carbocycles. The summed E-state index contributed by atoms with van der Waals surface area (Å²) in [4.78, 5) is 25.8. The molecule has 4 aromatic rings. The zero-order valence-electron chi connectivity index (χ0n) is 43.1. The van der Waals surface area contributed by atoms with E-state index in [4.69, 9.17) is 56.8 Å². The largest absolute Gasteiger partial charge is 0.493 e. The molecule has 4 atom stereocenters. The molecule has 16 nitrogen and oxygen atoms in total. The highest BCUT2D eigenvalue weighted by Gasteiger charge is 2.46. The Bertz CT molecular complexity index is 2470. The predicted octanol–water partition coefficient (Wildman–Crippen LogP) is 7.74. The predicted molar refractivity (Wildman–Crippen MR) is 260 cm³/mol. The van der Waals surface area contributed by atoms with Gasteiger partial charge in [-0.15, -0.1) is 0 Å². The number of hydrogen-bond donors (Lipinski definition) is 0. The standard InChI is InChI=1S/C53H70F2N2O14/c1-56(19-15-34-26-40(60-3)42(62-5)30-37(34)39(56)23-33-24-44(64-7)50(68-11)45(25-33)65-8)17-13-22-71-52(59)53(54,55)32-48(58)70-21-14-18-57(2)20-16-35-27-41(61-4)43(63-6)31-38(35)49(57)36-28-46(66-9)51(69-12)47(29-36)67-10/h24-31,39,49H,13-23,32H2,1-12H3/q+2/t39-,49-,56-,57-/m0/s1. The summed E-state index contributed by atoms with van der Waals surface area (Å²) in [5.74, 6) is -1.78. The van der Waals surface area contributed by atoms with Gasteiger partial charge in [-0.1, -0.05) is 0 Å². The maximum Gasteiger partial charge on any atom is 0.377 e. The molecule has 18 heteroatoms. The van der Waals surface area contributed by atoms with Gasteiger partial charge in [0.1, 0.15) is 18.5 Å². The molecule has 0 bridgehead atoms. The SMILES string of the molecule is COc1cc2c(cc1OC)[C@H](c1cc(OC)c(OC)c(OC)c1)[N@@+](C)(CCCOC(=O)CC(F)(F)C(=O)OCCC[N@@+]1(C)CCc3cc(OC)c(OC)cc3[C@@H]1Cc1cc(OC)c(OC)c(OC)c1)CC2. The number of esters is 2. The zero-order chi connectivity index (χ0) is 51.7. The number of benzene rings is 4. The molecule has 71 heavy (non-hydrogen) atoms. The van der Waals surface area contributed by atoms with Crippen molar-refractivity contribution in [2.24, 2.45) is 0 Å². The second-order valence-electron chi connectivity index (χ2n) is 18.2. The second kappa shape index (κ2) is 23.2. The Morgan fingerprint density at radius 1 is 0.535 bits per heavy atom. The van der Waals surface area contributed by atoms with Gasteiger partial charge in [0, 0.05) is 48.8 Å². The van der Waals surface area contributed by atoms with Crippen LogP contribution in [0.15, 0.2) is 48.5 Å². The average molecular weight is 997 g/mol. The first-order chi connectivity index (χ1) is 34.0. The van der Waals surface area contributed by atoms with Crippen molar-refractivity contribution in [3.63, 3.8) is 0 Å². The number of nitrogens with zero attached hydrogens (tertiary/aromatic N) is 2. The molecule has 0 fully saturated rings. The van der Waals surface area contributed by atoms with Crippen molar-refractivity contribution in [1.29, 1.82) is 0 Å². The van der Waals surface area contributed by atoms with Gasteiger partial charge in [-0.05, 0) is 65.2 Å². The summed E-state index contributed by atoms with van der Waals surface area (Å²) in [5.41, 5.74) is 6.01. The average Bonchev–Trinajstić information content (AvgIpc) is 3.37. The van der Waals surface area contributed by atoms with E-state index in [0.29, 0.717) is 118 Å². The molecule has 0 aromatic heterocycles. The number of quaternary nitrogens is 2. The topological polar surface area (TPSA) is 145 Å². The lowest BCUT2D eigenvalue weighted by atomic mass is 9.85. The van der Waals surface area contributed by atoms with E-state index in [2.05, 4.69) is 14.1 Å². The van der Waals surface area contributed by atoms with E-state index < -0.39 is 24.3 Å². The van der Waals surface area contributed by atoms with Gasteiger partial charge in [0.2, 0.25) is 11.5 Å². The summed E-state index contributed by atoms with van der Waals surface area (Å²) >= 11 is 0. The fraction of sp³-hybridized carbons (Fsp3) is 0.509. The van der Waals surface area contributed by atoms with E-state index in [9.17, 15) is 9.59 Å². The summed E-state index contributed by atoms with van der Waals surface area (Å²) in [7, 11) is 19.9. The van der Waals surface area contributed by atoms with Crippen LogP contribution in [-0.2, 0) is 38.3 Å². The number of likely N-dealkylation sites (N-methyl/N-ethyl adjacent to an activating group) is 2. The maximum atomic E-state index is 15.4. The van der Waals surface area contributed by atoms with E-state index >= 15 is 8.78 Å². The quantitative estimate of drug-likeness (QED) is 0.0383. The van der Waals surface area contributed by atoms with Gasteiger partial charge < -0.3 is 65.8 Å². The first kappa shape index (κ1) is 53.9. The smallest absolute Gasteiger partial charge is 0.377 e. The Kier molecular flexibility index (Phi) is 17.6. The van der Waals surface area contributed by atoms with E-state index in [0.717, 1.165) is 33.4 Å². The molecule has 0 spiro atoms. The molecule has 0 saturated carbocycles. The highest BCUT2D eigenvalue weighted by Crippen LogP contribution is 2.49. The third-order valence-corrected chi connectivity index (χ3v) is 14.0. The summed E-state index contributed by atoms with van der Waals surface area (Å²) in [6, 6.07) is 15.2. The molecule has 2 aliphatic heterocycles.